The molecule has 1 aliphatic rings. The molecule has 2 aromatic rings. The standard InChI is InChI=1S/C15H20N4O3.C2HF3O2/c1-4-21-9-13-14-11(8-16-18(14)3)5-6-19(13)15(20)12-7-10(2)22-17-12;3-2(4,5)1(6)7/h7-8,13H,4-6,9H2,1-3H3;(H,6,7). The number of aryl methyl sites for hydroxylation is 2. The van der Waals surface area contributed by atoms with E-state index in [0.29, 0.717) is 31.2 Å². The van der Waals surface area contributed by atoms with Crippen molar-refractivity contribution < 1.29 is 37.1 Å². The number of aliphatic carboxylic acids is 1. The molecule has 9 nitrogen and oxygen atoms in total. The van der Waals surface area contributed by atoms with Gasteiger partial charge in [-0.2, -0.15) is 18.3 Å². The van der Waals surface area contributed by atoms with E-state index in [1.165, 1.54) is 5.56 Å². The zero-order valence-electron chi connectivity index (χ0n) is 16.1. The number of ether oxygens (including phenoxy) is 1. The molecule has 29 heavy (non-hydrogen) atoms. The van der Waals surface area contributed by atoms with Gasteiger partial charge in [0, 0.05) is 26.3 Å². The summed E-state index contributed by atoms with van der Waals surface area (Å²) in [5.41, 5.74) is 2.55. The highest BCUT2D eigenvalue weighted by atomic mass is 19.4. The van der Waals surface area contributed by atoms with Crippen molar-refractivity contribution in [3.8, 4) is 0 Å². The maximum absolute atomic E-state index is 12.7. The fourth-order valence-corrected chi connectivity index (χ4v) is 2.91. The molecule has 2 aromatic heterocycles. The first-order valence-corrected chi connectivity index (χ1v) is 8.69. The molecule has 0 bridgehead atoms. The Balaban J connectivity index is 0.000000370. The minimum absolute atomic E-state index is 0.131. The molecular formula is C17H21F3N4O5. The van der Waals surface area contributed by atoms with Gasteiger partial charge in [0.25, 0.3) is 5.91 Å². The van der Waals surface area contributed by atoms with Crippen LogP contribution in [0.2, 0.25) is 0 Å². The first-order chi connectivity index (χ1) is 13.6. The minimum atomic E-state index is -5.08. The summed E-state index contributed by atoms with van der Waals surface area (Å²) in [4.78, 5) is 23.4. The van der Waals surface area contributed by atoms with Crippen molar-refractivity contribution in [2.75, 3.05) is 19.8 Å². The number of rotatable bonds is 4. The van der Waals surface area contributed by atoms with Crippen molar-refractivity contribution in [1.82, 2.24) is 19.8 Å². The van der Waals surface area contributed by atoms with Gasteiger partial charge in [0.05, 0.1) is 24.5 Å². The molecule has 0 radical (unpaired) electrons. The Hall–Kier alpha value is -2.89. The third-order valence-corrected chi connectivity index (χ3v) is 4.21. The molecule has 160 valence electrons. The van der Waals surface area contributed by atoms with E-state index in [1.54, 1.807) is 17.9 Å². The number of alkyl halides is 3. The lowest BCUT2D eigenvalue weighted by Gasteiger charge is -2.35. The summed E-state index contributed by atoms with van der Waals surface area (Å²) in [6.45, 7) is 5.40. The largest absolute Gasteiger partial charge is 0.490 e. The minimum Gasteiger partial charge on any atom is -0.475 e. The third kappa shape index (κ3) is 5.34. The molecule has 0 aromatic carbocycles. The van der Waals surface area contributed by atoms with Crippen LogP contribution in [0, 0.1) is 6.92 Å². The quantitative estimate of drug-likeness (QED) is 0.810. The monoisotopic (exact) mass is 418 g/mol. The van der Waals surface area contributed by atoms with Crippen LogP contribution in [0.25, 0.3) is 0 Å². The van der Waals surface area contributed by atoms with Crippen LogP contribution in [0.3, 0.4) is 0 Å². The van der Waals surface area contributed by atoms with E-state index in [9.17, 15) is 18.0 Å². The van der Waals surface area contributed by atoms with Crippen molar-refractivity contribution >= 4 is 11.9 Å². The second-order valence-corrected chi connectivity index (χ2v) is 6.23. The molecule has 1 amide bonds. The van der Waals surface area contributed by atoms with Crippen LogP contribution in [-0.4, -0.2) is 62.8 Å². The lowest BCUT2D eigenvalue weighted by atomic mass is 9.99. The molecule has 0 saturated heterocycles. The fourth-order valence-electron chi connectivity index (χ4n) is 2.91. The first kappa shape index (κ1) is 22.4. The number of aromatic nitrogens is 3. The highest BCUT2D eigenvalue weighted by molar-refractivity contribution is 5.92. The number of halogens is 3. The van der Waals surface area contributed by atoms with Crippen molar-refractivity contribution in [3.63, 3.8) is 0 Å². The maximum Gasteiger partial charge on any atom is 0.490 e. The van der Waals surface area contributed by atoms with Crippen LogP contribution in [0.5, 0.6) is 0 Å². The number of nitrogens with zero attached hydrogens (tertiary/aromatic N) is 4. The average molecular weight is 418 g/mol. The Morgan fingerprint density at radius 2 is 2.07 bits per heavy atom. The fraction of sp³-hybridized carbons (Fsp3) is 0.529. The van der Waals surface area contributed by atoms with Gasteiger partial charge in [-0.3, -0.25) is 9.48 Å². The smallest absolute Gasteiger partial charge is 0.475 e. The van der Waals surface area contributed by atoms with E-state index in [2.05, 4.69) is 10.3 Å². The third-order valence-electron chi connectivity index (χ3n) is 4.21. The predicted molar refractivity (Wildman–Crippen MR) is 92.1 cm³/mol. The molecule has 3 rings (SSSR count). The number of fused-ring (bicyclic) bond motifs is 1. The maximum atomic E-state index is 12.7. The highest BCUT2D eigenvalue weighted by Gasteiger charge is 2.38. The summed E-state index contributed by atoms with van der Waals surface area (Å²) in [7, 11) is 1.89. The number of hydrogen-bond donors (Lipinski definition) is 1. The van der Waals surface area contributed by atoms with Gasteiger partial charge in [-0.15, -0.1) is 0 Å². The van der Waals surface area contributed by atoms with Gasteiger partial charge in [0.15, 0.2) is 5.69 Å². The number of carboxylic acid groups (broad SMARTS) is 1. The number of carbonyl (C=O) groups is 2. The summed E-state index contributed by atoms with van der Waals surface area (Å²) < 4.78 is 44.2. The van der Waals surface area contributed by atoms with Crippen LogP contribution in [0.15, 0.2) is 16.8 Å². The zero-order valence-corrected chi connectivity index (χ0v) is 16.1. The van der Waals surface area contributed by atoms with E-state index in [0.717, 1.165) is 12.1 Å². The Bertz CT molecular complexity index is 862. The molecule has 0 spiro atoms. The molecule has 1 atom stereocenters. The van der Waals surface area contributed by atoms with Gasteiger partial charge in [-0.05, 0) is 25.8 Å². The van der Waals surface area contributed by atoms with Crippen molar-refractivity contribution in [2.45, 2.75) is 32.5 Å². The van der Waals surface area contributed by atoms with Gasteiger partial charge >= 0.3 is 12.1 Å². The van der Waals surface area contributed by atoms with Crippen LogP contribution >= 0.6 is 0 Å². The number of hydrogen-bond acceptors (Lipinski definition) is 6. The molecular weight excluding hydrogens is 397 g/mol. The molecule has 0 aliphatic carbocycles. The van der Waals surface area contributed by atoms with Crippen molar-refractivity contribution in [3.05, 3.63) is 35.0 Å². The number of amides is 1. The number of carbonyl (C=O) groups excluding carboxylic acids is 1. The molecule has 1 aliphatic heterocycles. The highest BCUT2D eigenvalue weighted by Crippen LogP contribution is 2.30. The van der Waals surface area contributed by atoms with E-state index in [-0.39, 0.29) is 11.9 Å². The zero-order chi connectivity index (χ0) is 21.8. The van der Waals surface area contributed by atoms with Gasteiger partial charge in [-0.1, -0.05) is 5.16 Å². The molecule has 12 heteroatoms. The predicted octanol–water partition coefficient (Wildman–Crippen LogP) is 2.13. The van der Waals surface area contributed by atoms with Gasteiger partial charge in [0.2, 0.25) is 0 Å². The summed E-state index contributed by atoms with van der Waals surface area (Å²) in [6, 6.07) is 1.51. The van der Waals surface area contributed by atoms with Gasteiger partial charge < -0.3 is 19.3 Å². The van der Waals surface area contributed by atoms with Crippen LogP contribution in [0.4, 0.5) is 13.2 Å². The average Bonchev–Trinajstić information content (AvgIpc) is 3.25. The number of carboxylic acids is 1. The SMILES string of the molecule is CCOCC1c2c(cnn2C)CCN1C(=O)c1cc(C)on1.O=C(O)C(F)(F)F. The van der Waals surface area contributed by atoms with Gasteiger partial charge in [-0.25, -0.2) is 4.79 Å². The Morgan fingerprint density at radius 3 is 2.59 bits per heavy atom. The van der Waals surface area contributed by atoms with Crippen LogP contribution < -0.4 is 0 Å². The summed E-state index contributed by atoms with van der Waals surface area (Å²) in [6.07, 6.45) is -2.43. The molecule has 1 unspecified atom stereocenters. The summed E-state index contributed by atoms with van der Waals surface area (Å²) in [5, 5.41) is 15.3. The normalized spacial score (nSPS) is 16.1. The van der Waals surface area contributed by atoms with E-state index in [4.69, 9.17) is 19.2 Å². The molecule has 0 saturated carbocycles. The van der Waals surface area contributed by atoms with Crippen molar-refractivity contribution in [2.24, 2.45) is 7.05 Å². The Kier molecular flexibility index (Phi) is 7.01. The lowest BCUT2D eigenvalue weighted by Crippen LogP contribution is -2.42. The molecule has 1 N–H and O–H groups in total. The van der Waals surface area contributed by atoms with Crippen molar-refractivity contribution in [1.29, 1.82) is 0 Å². The Morgan fingerprint density at radius 1 is 1.41 bits per heavy atom. The summed E-state index contributed by atoms with van der Waals surface area (Å²) >= 11 is 0. The second kappa shape index (κ2) is 9.07. The lowest BCUT2D eigenvalue weighted by molar-refractivity contribution is -0.192. The topological polar surface area (TPSA) is 111 Å². The van der Waals surface area contributed by atoms with Crippen LogP contribution in [-0.2, 0) is 23.0 Å². The van der Waals surface area contributed by atoms with E-state index < -0.39 is 12.1 Å². The van der Waals surface area contributed by atoms with E-state index >= 15 is 0 Å². The van der Waals surface area contributed by atoms with Gasteiger partial charge in [0.1, 0.15) is 5.76 Å². The van der Waals surface area contributed by atoms with Crippen LogP contribution in [0.1, 0.15) is 40.5 Å². The first-order valence-electron chi connectivity index (χ1n) is 8.69. The molecule has 3 heterocycles. The Labute approximate surface area is 164 Å². The van der Waals surface area contributed by atoms with E-state index in [1.807, 2.05) is 24.9 Å². The summed E-state index contributed by atoms with van der Waals surface area (Å²) in [5.74, 6) is -2.26. The molecule has 0 fully saturated rings. The second-order valence-electron chi connectivity index (χ2n) is 6.23.